The number of halogens is 2. The SMILES string of the molecule is Cc1nc(-c2cccc(NS(=O)(=O)c3cc(Cl)sc3Cl)c2)cs1. The Labute approximate surface area is 151 Å². The number of rotatable bonds is 4. The second kappa shape index (κ2) is 6.41. The number of thiophene rings is 1. The topological polar surface area (TPSA) is 59.1 Å². The van der Waals surface area contributed by atoms with Crippen LogP contribution in [0.25, 0.3) is 11.3 Å². The normalized spacial score (nSPS) is 11.6. The second-order valence-electron chi connectivity index (χ2n) is 4.63. The molecule has 23 heavy (non-hydrogen) atoms. The van der Waals surface area contributed by atoms with Gasteiger partial charge in [0.1, 0.15) is 9.23 Å². The van der Waals surface area contributed by atoms with Crippen molar-refractivity contribution in [3.05, 3.63) is 49.4 Å². The minimum absolute atomic E-state index is 0.0240. The van der Waals surface area contributed by atoms with E-state index in [-0.39, 0.29) is 9.23 Å². The molecule has 3 rings (SSSR count). The monoisotopic (exact) mass is 404 g/mol. The standard InChI is InChI=1S/C14H10Cl2N2O2S3/c1-8-17-11(7-21-8)9-3-2-4-10(5-9)18-23(19,20)12-6-13(15)22-14(12)16/h2-7,18H,1H3. The summed E-state index contributed by atoms with van der Waals surface area (Å²) in [5, 5.41) is 2.88. The van der Waals surface area contributed by atoms with Crippen LogP contribution in [0.5, 0.6) is 0 Å². The molecule has 4 nitrogen and oxygen atoms in total. The molecular weight excluding hydrogens is 395 g/mol. The summed E-state index contributed by atoms with van der Waals surface area (Å²) in [7, 11) is -3.79. The van der Waals surface area contributed by atoms with Crippen LogP contribution in [0.4, 0.5) is 5.69 Å². The highest BCUT2D eigenvalue weighted by Gasteiger charge is 2.21. The molecule has 0 atom stereocenters. The zero-order valence-corrected chi connectivity index (χ0v) is 15.7. The first-order valence-corrected chi connectivity index (χ1v) is 10.3. The van der Waals surface area contributed by atoms with Gasteiger partial charge in [0.25, 0.3) is 10.0 Å². The molecule has 0 spiro atoms. The largest absolute Gasteiger partial charge is 0.280 e. The van der Waals surface area contributed by atoms with Crippen molar-refractivity contribution in [2.75, 3.05) is 4.72 Å². The van der Waals surface area contributed by atoms with Gasteiger partial charge >= 0.3 is 0 Å². The highest BCUT2D eigenvalue weighted by molar-refractivity contribution is 7.93. The van der Waals surface area contributed by atoms with E-state index in [0.29, 0.717) is 10.0 Å². The molecule has 0 fully saturated rings. The highest BCUT2D eigenvalue weighted by atomic mass is 35.5. The summed E-state index contributed by atoms with van der Waals surface area (Å²) in [4.78, 5) is 4.37. The summed E-state index contributed by atoms with van der Waals surface area (Å²) in [5.41, 5.74) is 2.08. The minimum atomic E-state index is -3.79. The van der Waals surface area contributed by atoms with E-state index in [1.165, 1.54) is 17.4 Å². The predicted octanol–water partition coefficient (Wildman–Crippen LogP) is 5.29. The average Bonchev–Trinajstić information content (AvgIpc) is 3.05. The summed E-state index contributed by atoms with van der Waals surface area (Å²) >= 11 is 14.3. The van der Waals surface area contributed by atoms with Crippen LogP contribution in [0.1, 0.15) is 5.01 Å². The van der Waals surface area contributed by atoms with E-state index in [1.807, 2.05) is 18.4 Å². The van der Waals surface area contributed by atoms with Crippen molar-refractivity contribution in [1.82, 2.24) is 4.98 Å². The third-order valence-electron chi connectivity index (χ3n) is 2.94. The molecule has 0 saturated heterocycles. The van der Waals surface area contributed by atoms with E-state index >= 15 is 0 Å². The second-order valence-corrected chi connectivity index (χ2v) is 9.63. The van der Waals surface area contributed by atoms with Gasteiger partial charge in [0.05, 0.1) is 15.0 Å². The molecule has 0 radical (unpaired) electrons. The number of aryl methyl sites for hydroxylation is 1. The summed E-state index contributed by atoms with van der Waals surface area (Å²) in [6, 6.07) is 8.38. The smallest absolute Gasteiger partial charge is 0.264 e. The Bertz CT molecular complexity index is 964. The summed E-state index contributed by atoms with van der Waals surface area (Å²) < 4.78 is 27.8. The lowest BCUT2D eigenvalue weighted by atomic mass is 10.1. The van der Waals surface area contributed by atoms with E-state index in [4.69, 9.17) is 23.2 Å². The Balaban J connectivity index is 1.93. The summed E-state index contributed by atoms with van der Waals surface area (Å²) in [6.45, 7) is 1.92. The Kier molecular flexibility index (Phi) is 4.66. The average molecular weight is 405 g/mol. The molecule has 1 N–H and O–H groups in total. The number of nitrogens with one attached hydrogen (secondary N) is 1. The molecule has 0 unspecified atom stereocenters. The third-order valence-corrected chi connectivity index (χ3v) is 6.85. The van der Waals surface area contributed by atoms with Crippen LogP contribution in [0.3, 0.4) is 0 Å². The lowest BCUT2D eigenvalue weighted by Crippen LogP contribution is -2.12. The quantitative estimate of drug-likeness (QED) is 0.642. The van der Waals surface area contributed by atoms with Gasteiger partial charge < -0.3 is 0 Å². The van der Waals surface area contributed by atoms with Crippen LogP contribution >= 0.6 is 45.9 Å². The number of thiazole rings is 1. The van der Waals surface area contributed by atoms with Crippen molar-refractivity contribution in [1.29, 1.82) is 0 Å². The lowest BCUT2D eigenvalue weighted by molar-refractivity contribution is 0.601. The molecular formula is C14H10Cl2N2O2S3. The number of aromatic nitrogens is 1. The van der Waals surface area contributed by atoms with Crippen LogP contribution in [0.15, 0.2) is 40.6 Å². The van der Waals surface area contributed by atoms with Crippen LogP contribution in [0.2, 0.25) is 8.67 Å². The van der Waals surface area contributed by atoms with Crippen LogP contribution in [-0.4, -0.2) is 13.4 Å². The Morgan fingerprint density at radius 1 is 1.22 bits per heavy atom. The summed E-state index contributed by atoms with van der Waals surface area (Å²) in [5.74, 6) is 0. The Hall–Kier alpha value is -1.12. The Morgan fingerprint density at radius 2 is 2.00 bits per heavy atom. The van der Waals surface area contributed by atoms with Gasteiger partial charge in [0, 0.05) is 16.6 Å². The lowest BCUT2D eigenvalue weighted by Gasteiger charge is -2.08. The fourth-order valence-electron chi connectivity index (χ4n) is 1.96. The maximum atomic E-state index is 12.4. The Morgan fingerprint density at radius 3 is 2.61 bits per heavy atom. The molecule has 9 heteroatoms. The zero-order valence-electron chi connectivity index (χ0n) is 11.7. The van der Waals surface area contributed by atoms with Crippen LogP contribution in [0, 0.1) is 6.92 Å². The van der Waals surface area contributed by atoms with Crippen LogP contribution < -0.4 is 4.72 Å². The van der Waals surface area contributed by atoms with Gasteiger partial charge in [-0.25, -0.2) is 13.4 Å². The van der Waals surface area contributed by atoms with E-state index in [1.54, 1.807) is 18.2 Å². The number of hydrogen-bond acceptors (Lipinski definition) is 5. The van der Waals surface area contributed by atoms with Gasteiger partial charge in [-0.15, -0.1) is 22.7 Å². The van der Waals surface area contributed by atoms with E-state index < -0.39 is 10.0 Å². The van der Waals surface area contributed by atoms with Crippen molar-refractivity contribution in [2.45, 2.75) is 11.8 Å². The molecule has 2 aromatic heterocycles. The van der Waals surface area contributed by atoms with Gasteiger partial charge in [-0.2, -0.15) is 0 Å². The molecule has 0 bridgehead atoms. The zero-order chi connectivity index (χ0) is 16.6. The number of sulfonamides is 1. The molecule has 3 aromatic rings. The van der Waals surface area contributed by atoms with E-state index in [9.17, 15) is 8.42 Å². The first-order valence-electron chi connectivity index (χ1n) is 6.35. The molecule has 0 aliphatic carbocycles. The maximum Gasteiger partial charge on any atom is 0.264 e. The van der Waals surface area contributed by atoms with Gasteiger partial charge in [-0.05, 0) is 25.1 Å². The molecule has 0 aliphatic heterocycles. The highest BCUT2D eigenvalue weighted by Crippen LogP contribution is 2.35. The van der Waals surface area contributed by atoms with Crippen molar-refractivity contribution in [2.24, 2.45) is 0 Å². The van der Waals surface area contributed by atoms with Gasteiger partial charge in [-0.3, -0.25) is 4.72 Å². The van der Waals surface area contributed by atoms with Gasteiger partial charge in [0.2, 0.25) is 0 Å². The predicted molar refractivity (Wildman–Crippen MR) is 97.4 cm³/mol. The third kappa shape index (κ3) is 3.70. The molecule has 2 heterocycles. The number of anilines is 1. The summed E-state index contributed by atoms with van der Waals surface area (Å²) in [6.07, 6.45) is 0. The van der Waals surface area contributed by atoms with Crippen molar-refractivity contribution in [3.63, 3.8) is 0 Å². The first-order chi connectivity index (χ1) is 10.8. The minimum Gasteiger partial charge on any atom is -0.280 e. The fourth-order valence-corrected chi connectivity index (χ4v) is 5.78. The molecule has 0 saturated carbocycles. The molecule has 0 aliphatic rings. The van der Waals surface area contributed by atoms with Gasteiger partial charge in [-0.1, -0.05) is 35.3 Å². The van der Waals surface area contributed by atoms with Crippen molar-refractivity contribution in [3.8, 4) is 11.3 Å². The maximum absolute atomic E-state index is 12.4. The number of nitrogens with zero attached hydrogens (tertiary/aromatic N) is 1. The van der Waals surface area contributed by atoms with Gasteiger partial charge in [0.15, 0.2) is 0 Å². The molecule has 1 aromatic carbocycles. The van der Waals surface area contributed by atoms with E-state index in [0.717, 1.165) is 27.6 Å². The number of hydrogen-bond donors (Lipinski definition) is 1. The van der Waals surface area contributed by atoms with Crippen molar-refractivity contribution >= 4 is 61.6 Å². The molecule has 0 amide bonds. The van der Waals surface area contributed by atoms with Crippen molar-refractivity contribution < 1.29 is 8.42 Å². The molecule has 120 valence electrons. The van der Waals surface area contributed by atoms with E-state index in [2.05, 4.69) is 9.71 Å². The first kappa shape index (κ1) is 16.7. The van der Waals surface area contributed by atoms with Crippen LogP contribution in [-0.2, 0) is 10.0 Å². The number of benzene rings is 1. The fraction of sp³-hybridized carbons (Fsp3) is 0.0714.